The van der Waals surface area contributed by atoms with Gasteiger partial charge >= 0.3 is 6.01 Å². The molecule has 0 bridgehead atoms. The fourth-order valence-electron chi connectivity index (χ4n) is 2.63. The number of unbranched alkanes of at least 4 members (excludes halogenated alkanes) is 10. The van der Waals surface area contributed by atoms with E-state index in [1.807, 2.05) is 0 Å². The Hall–Kier alpha value is -1.10. The van der Waals surface area contributed by atoms with Crippen molar-refractivity contribution < 1.29 is 4.74 Å². The Balaban J connectivity index is 2.19. The van der Waals surface area contributed by atoms with Crippen LogP contribution in [0.3, 0.4) is 0 Å². The van der Waals surface area contributed by atoms with Crippen molar-refractivity contribution in [3.63, 3.8) is 0 Å². The molecular formula is C19H35ClN4O. The quantitative estimate of drug-likeness (QED) is 0.359. The Labute approximate surface area is 158 Å². The molecule has 0 fully saturated rings. The first-order valence-electron chi connectivity index (χ1n) is 10.0. The third-order valence-corrected chi connectivity index (χ3v) is 4.30. The van der Waals surface area contributed by atoms with E-state index in [2.05, 4.69) is 34.1 Å². The van der Waals surface area contributed by atoms with Gasteiger partial charge in [-0.05, 0) is 24.4 Å². The molecule has 0 atom stereocenters. The van der Waals surface area contributed by atoms with Gasteiger partial charge in [0, 0.05) is 6.54 Å². The zero-order chi connectivity index (χ0) is 18.2. The van der Waals surface area contributed by atoms with Gasteiger partial charge in [0.05, 0.1) is 6.61 Å². The third-order valence-electron chi connectivity index (χ3n) is 4.13. The number of hydrogen-bond donors (Lipinski definition) is 1. The molecule has 0 unspecified atom stereocenters. The number of hydrogen-bond acceptors (Lipinski definition) is 5. The minimum absolute atomic E-state index is 0.179. The van der Waals surface area contributed by atoms with Crippen LogP contribution in [0.4, 0.5) is 5.95 Å². The van der Waals surface area contributed by atoms with E-state index in [0.717, 1.165) is 19.4 Å². The lowest BCUT2D eigenvalue weighted by Gasteiger charge is -2.08. The van der Waals surface area contributed by atoms with Crippen LogP contribution in [-0.4, -0.2) is 28.1 Å². The second-order valence-corrected chi connectivity index (χ2v) is 6.86. The second kappa shape index (κ2) is 15.2. The first-order chi connectivity index (χ1) is 12.3. The van der Waals surface area contributed by atoms with Crippen LogP contribution >= 0.6 is 11.6 Å². The van der Waals surface area contributed by atoms with E-state index in [4.69, 9.17) is 16.3 Å². The van der Waals surface area contributed by atoms with Gasteiger partial charge in [-0.25, -0.2) is 0 Å². The van der Waals surface area contributed by atoms with Gasteiger partial charge in [0.15, 0.2) is 0 Å². The summed E-state index contributed by atoms with van der Waals surface area (Å²) in [5.74, 6) is 0.506. The molecule has 0 aliphatic heterocycles. The number of nitrogens with zero attached hydrogens (tertiary/aromatic N) is 3. The van der Waals surface area contributed by atoms with Gasteiger partial charge in [-0.15, -0.1) is 0 Å². The van der Waals surface area contributed by atoms with Crippen LogP contribution in [0.15, 0.2) is 0 Å². The summed E-state index contributed by atoms with van der Waals surface area (Å²) in [5, 5.41) is 3.39. The Morgan fingerprint density at radius 2 is 1.36 bits per heavy atom. The zero-order valence-electron chi connectivity index (χ0n) is 16.0. The summed E-state index contributed by atoms with van der Waals surface area (Å²) in [5.41, 5.74) is 0. The minimum atomic E-state index is 0.179. The molecule has 0 saturated carbocycles. The van der Waals surface area contributed by atoms with Gasteiger partial charge in [0.1, 0.15) is 0 Å². The van der Waals surface area contributed by atoms with E-state index in [0.29, 0.717) is 18.6 Å². The maximum absolute atomic E-state index is 5.96. The number of halogens is 1. The summed E-state index contributed by atoms with van der Waals surface area (Å²) < 4.78 is 5.62. The highest BCUT2D eigenvalue weighted by Gasteiger charge is 2.05. The molecule has 25 heavy (non-hydrogen) atoms. The van der Waals surface area contributed by atoms with Crippen molar-refractivity contribution in [2.24, 2.45) is 0 Å². The molecule has 1 rings (SSSR count). The van der Waals surface area contributed by atoms with Gasteiger partial charge in [-0.2, -0.15) is 15.0 Å². The highest BCUT2D eigenvalue weighted by molar-refractivity contribution is 6.28. The monoisotopic (exact) mass is 370 g/mol. The number of anilines is 1. The molecule has 5 nitrogen and oxygen atoms in total. The van der Waals surface area contributed by atoms with Crippen LogP contribution in [0, 0.1) is 0 Å². The average molecular weight is 371 g/mol. The zero-order valence-corrected chi connectivity index (χ0v) is 16.8. The Bertz CT molecular complexity index is 409. The number of ether oxygens (including phenoxy) is 1. The van der Waals surface area contributed by atoms with Crippen molar-refractivity contribution in [3.05, 3.63) is 5.28 Å². The molecule has 0 amide bonds. The summed E-state index contributed by atoms with van der Waals surface area (Å²) in [4.78, 5) is 12.4. The topological polar surface area (TPSA) is 59.9 Å². The van der Waals surface area contributed by atoms with E-state index in [9.17, 15) is 0 Å². The van der Waals surface area contributed by atoms with Crippen molar-refractivity contribution >= 4 is 17.5 Å². The van der Waals surface area contributed by atoms with Gasteiger partial charge in [-0.1, -0.05) is 78.1 Å². The molecule has 144 valence electrons. The van der Waals surface area contributed by atoms with Crippen molar-refractivity contribution in [2.45, 2.75) is 90.9 Å². The van der Waals surface area contributed by atoms with Gasteiger partial charge in [0.25, 0.3) is 0 Å². The van der Waals surface area contributed by atoms with E-state index in [1.54, 1.807) is 0 Å². The number of aromatic nitrogens is 3. The van der Waals surface area contributed by atoms with Crippen LogP contribution < -0.4 is 10.1 Å². The molecule has 6 heteroatoms. The van der Waals surface area contributed by atoms with E-state index in [1.165, 1.54) is 64.2 Å². The maximum atomic E-state index is 5.96. The third kappa shape index (κ3) is 12.0. The van der Waals surface area contributed by atoms with E-state index in [-0.39, 0.29) is 5.28 Å². The van der Waals surface area contributed by atoms with Crippen LogP contribution in [0.5, 0.6) is 6.01 Å². The van der Waals surface area contributed by atoms with Crippen molar-refractivity contribution in [1.82, 2.24) is 15.0 Å². The predicted octanol–water partition coefficient (Wildman–Crippen LogP) is 6.04. The van der Waals surface area contributed by atoms with Crippen LogP contribution in [0.2, 0.25) is 5.28 Å². The van der Waals surface area contributed by atoms with Crippen LogP contribution in [0.1, 0.15) is 90.9 Å². The summed E-state index contributed by atoms with van der Waals surface area (Å²) in [7, 11) is 0. The van der Waals surface area contributed by atoms with Gasteiger partial charge < -0.3 is 10.1 Å². The Morgan fingerprint density at radius 3 is 2.04 bits per heavy atom. The summed E-state index contributed by atoms with van der Waals surface area (Å²) in [6.45, 7) is 5.94. The molecule has 0 spiro atoms. The molecule has 0 aliphatic carbocycles. The molecule has 0 radical (unpaired) electrons. The molecule has 0 aliphatic rings. The smallest absolute Gasteiger partial charge is 0.322 e. The summed E-state index contributed by atoms with van der Waals surface area (Å²) in [6, 6.07) is 0.319. The Morgan fingerprint density at radius 1 is 0.760 bits per heavy atom. The van der Waals surface area contributed by atoms with E-state index >= 15 is 0 Å². The van der Waals surface area contributed by atoms with E-state index < -0.39 is 0 Å². The lowest BCUT2D eigenvalue weighted by Crippen LogP contribution is -2.09. The fraction of sp³-hybridized carbons (Fsp3) is 0.842. The minimum Gasteiger partial charge on any atom is -0.463 e. The molecular weight excluding hydrogens is 336 g/mol. The number of rotatable bonds is 16. The first-order valence-corrected chi connectivity index (χ1v) is 10.4. The molecule has 1 aromatic heterocycles. The summed E-state index contributed by atoms with van der Waals surface area (Å²) >= 11 is 5.96. The first kappa shape index (κ1) is 21.9. The van der Waals surface area contributed by atoms with Gasteiger partial charge in [0.2, 0.25) is 11.2 Å². The standard InChI is InChI=1S/C19H35ClN4O/c1-3-5-7-9-11-13-15-21-18-22-17(20)23-19(24-18)25-16-14-12-10-8-6-4-2/h3-16H2,1-2H3,(H,21,22,23,24). The highest BCUT2D eigenvalue weighted by Crippen LogP contribution is 2.13. The molecule has 1 aromatic rings. The SMILES string of the molecule is CCCCCCCCNc1nc(Cl)nc(OCCCCCCCC)n1. The van der Waals surface area contributed by atoms with Crippen molar-refractivity contribution in [2.75, 3.05) is 18.5 Å². The highest BCUT2D eigenvalue weighted by atomic mass is 35.5. The predicted molar refractivity (Wildman–Crippen MR) is 106 cm³/mol. The molecule has 1 N–H and O–H groups in total. The largest absolute Gasteiger partial charge is 0.463 e. The fourth-order valence-corrected chi connectivity index (χ4v) is 2.78. The molecule has 0 aromatic carbocycles. The Kier molecular flexibility index (Phi) is 13.3. The van der Waals surface area contributed by atoms with Crippen molar-refractivity contribution in [3.8, 4) is 6.01 Å². The lowest BCUT2D eigenvalue weighted by molar-refractivity contribution is 0.281. The van der Waals surface area contributed by atoms with Crippen molar-refractivity contribution in [1.29, 1.82) is 0 Å². The molecule has 1 heterocycles. The summed E-state index contributed by atoms with van der Waals surface area (Å²) in [6.07, 6.45) is 14.9. The van der Waals surface area contributed by atoms with Crippen LogP contribution in [-0.2, 0) is 0 Å². The average Bonchev–Trinajstić information content (AvgIpc) is 2.60. The maximum Gasteiger partial charge on any atom is 0.322 e. The number of nitrogens with one attached hydrogen (secondary N) is 1. The van der Waals surface area contributed by atoms with Crippen LogP contribution in [0.25, 0.3) is 0 Å². The van der Waals surface area contributed by atoms with Gasteiger partial charge in [-0.3, -0.25) is 0 Å². The molecule has 0 saturated heterocycles. The second-order valence-electron chi connectivity index (χ2n) is 6.52. The normalized spacial score (nSPS) is 10.8. The lowest BCUT2D eigenvalue weighted by atomic mass is 10.1.